The number of hydrogen-bond donors (Lipinski definition) is 2. The van der Waals surface area contributed by atoms with Crippen LogP contribution in [0.5, 0.6) is 0 Å². The van der Waals surface area contributed by atoms with Crippen molar-refractivity contribution in [1.82, 2.24) is 14.8 Å². The lowest BCUT2D eigenvalue weighted by molar-refractivity contribution is 0.0697. The zero-order chi connectivity index (χ0) is 13.4. The van der Waals surface area contributed by atoms with Crippen LogP contribution in [0.25, 0.3) is 11.4 Å². The van der Waals surface area contributed by atoms with Gasteiger partial charge in [-0.3, -0.25) is 0 Å². The molecule has 3 N–H and O–H groups in total. The highest BCUT2D eigenvalue weighted by Crippen LogP contribution is 2.23. The van der Waals surface area contributed by atoms with Crippen molar-refractivity contribution in [2.45, 2.75) is 25.4 Å². The van der Waals surface area contributed by atoms with Crippen LogP contribution in [-0.4, -0.2) is 31.9 Å². The van der Waals surface area contributed by atoms with Crippen LogP contribution in [0.1, 0.15) is 22.6 Å². The van der Waals surface area contributed by atoms with Gasteiger partial charge in [-0.15, -0.1) is 10.2 Å². The highest BCUT2D eigenvalue weighted by Gasteiger charge is 2.21. The third-order valence-electron chi connectivity index (χ3n) is 3.36. The molecule has 1 atom stereocenters. The standard InChI is InChI=1S/C13H14N4O2/c14-10-4-5-17-11(7-10)15-16-12(17)8-2-1-3-9(6-8)13(18)19/h1-3,6,10H,4-5,7,14H2,(H,18,19). The van der Waals surface area contributed by atoms with Crippen LogP contribution < -0.4 is 5.73 Å². The number of nitrogens with two attached hydrogens (primary N) is 1. The Morgan fingerprint density at radius 1 is 1.42 bits per heavy atom. The highest BCUT2D eigenvalue weighted by molar-refractivity contribution is 5.89. The fourth-order valence-electron chi connectivity index (χ4n) is 2.36. The predicted octanol–water partition coefficient (Wildman–Crippen LogP) is 0.917. The van der Waals surface area contributed by atoms with Crippen molar-refractivity contribution < 1.29 is 9.90 Å². The minimum Gasteiger partial charge on any atom is -0.478 e. The molecule has 6 heteroatoms. The molecule has 0 aliphatic carbocycles. The van der Waals surface area contributed by atoms with Crippen molar-refractivity contribution in [3.63, 3.8) is 0 Å². The van der Waals surface area contributed by atoms with Gasteiger partial charge in [-0.25, -0.2) is 4.79 Å². The van der Waals surface area contributed by atoms with E-state index in [0.717, 1.165) is 24.4 Å². The summed E-state index contributed by atoms with van der Waals surface area (Å²) in [5.41, 5.74) is 6.93. The third kappa shape index (κ3) is 2.10. The first-order valence-electron chi connectivity index (χ1n) is 6.16. The van der Waals surface area contributed by atoms with Crippen LogP contribution in [0.2, 0.25) is 0 Å². The van der Waals surface area contributed by atoms with Crippen LogP contribution in [-0.2, 0) is 13.0 Å². The summed E-state index contributed by atoms with van der Waals surface area (Å²) in [5.74, 6) is 0.640. The predicted molar refractivity (Wildman–Crippen MR) is 68.7 cm³/mol. The van der Waals surface area contributed by atoms with E-state index in [9.17, 15) is 4.79 Å². The van der Waals surface area contributed by atoms with Crippen LogP contribution >= 0.6 is 0 Å². The molecule has 1 aromatic carbocycles. The number of rotatable bonds is 2. The average molecular weight is 258 g/mol. The molecule has 1 aliphatic heterocycles. The smallest absolute Gasteiger partial charge is 0.335 e. The Balaban J connectivity index is 2.03. The first-order chi connectivity index (χ1) is 9.15. The molecule has 0 saturated heterocycles. The van der Waals surface area contributed by atoms with E-state index in [0.29, 0.717) is 12.2 Å². The minimum atomic E-state index is -0.942. The van der Waals surface area contributed by atoms with Gasteiger partial charge in [0.25, 0.3) is 0 Å². The van der Waals surface area contributed by atoms with Crippen molar-refractivity contribution in [1.29, 1.82) is 0 Å². The largest absolute Gasteiger partial charge is 0.478 e. The van der Waals surface area contributed by atoms with Crippen molar-refractivity contribution in [3.8, 4) is 11.4 Å². The summed E-state index contributed by atoms with van der Waals surface area (Å²) in [6.45, 7) is 0.774. The van der Waals surface area contributed by atoms with Crippen molar-refractivity contribution in [2.24, 2.45) is 5.73 Å². The van der Waals surface area contributed by atoms with Gasteiger partial charge in [-0.05, 0) is 18.6 Å². The van der Waals surface area contributed by atoms with E-state index in [4.69, 9.17) is 10.8 Å². The Labute approximate surface area is 109 Å². The van der Waals surface area contributed by atoms with E-state index in [-0.39, 0.29) is 11.6 Å². The molecule has 6 nitrogen and oxygen atoms in total. The number of hydrogen-bond acceptors (Lipinski definition) is 4. The Kier molecular flexibility index (Phi) is 2.79. The third-order valence-corrected chi connectivity index (χ3v) is 3.36. The number of fused-ring (bicyclic) bond motifs is 1. The molecular weight excluding hydrogens is 244 g/mol. The lowest BCUT2D eigenvalue weighted by atomic mass is 10.1. The maximum Gasteiger partial charge on any atom is 0.335 e. The van der Waals surface area contributed by atoms with E-state index in [1.54, 1.807) is 18.2 Å². The van der Waals surface area contributed by atoms with Gasteiger partial charge in [0.05, 0.1) is 5.56 Å². The zero-order valence-electron chi connectivity index (χ0n) is 10.3. The SMILES string of the molecule is NC1CCn2c(nnc2-c2cccc(C(=O)O)c2)C1. The molecule has 0 spiro atoms. The van der Waals surface area contributed by atoms with Crippen LogP contribution in [0, 0.1) is 0 Å². The molecule has 0 radical (unpaired) electrons. The van der Waals surface area contributed by atoms with Crippen molar-refractivity contribution in [2.75, 3.05) is 0 Å². The number of carbonyl (C=O) groups is 1. The second-order valence-corrected chi connectivity index (χ2v) is 4.73. The Morgan fingerprint density at radius 3 is 3.05 bits per heavy atom. The second kappa shape index (κ2) is 4.47. The van der Waals surface area contributed by atoms with Crippen LogP contribution in [0.15, 0.2) is 24.3 Å². The maximum atomic E-state index is 11.0. The van der Waals surface area contributed by atoms with E-state index in [1.165, 1.54) is 0 Å². The Morgan fingerprint density at radius 2 is 2.26 bits per heavy atom. The van der Waals surface area contributed by atoms with Crippen molar-refractivity contribution >= 4 is 5.97 Å². The summed E-state index contributed by atoms with van der Waals surface area (Å²) < 4.78 is 2.02. The summed E-state index contributed by atoms with van der Waals surface area (Å²) >= 11 is 0. The monoisotopic (exact) mass is 258 g/mol. The van der Waals surface area contributed by atoms with Gasteiger partial charge in [-0.1, -0.05) is 12.1 Å². The lowest BCUT2D eigenvalue weighted by Crippen LogP contribution is -2.31. The quantitative estimate of drug-likeness (QED) is 0.835. The molecule has 0 bridgehead atoms. The van der Waals surface area contributed by atoms with E-state index < -0.39 is 5.97 Å². The van der Waals surface area contributed by atoms with E-state index in [1.807, 2.05) is 10.6 Å². The second-order valence-electron chi connectivity index (χ2n) is 4.73. The summed E-state index contributed by atoms with van der Waals surface area (Å²) in [6, 6.07) is 6.88. The van der Waals surface area contributed by atoms with Gasteiger partial charge in [0.1, 0.15) is 5.82 Å². The number of carboxylic acid groups (broad SMARTS) is 1. The average Bonchev–Trinajstić information content (AvgIpc) is 2.81. The number of aromatic nitrogens is 3. The molecule has 2 aromatic rings. The Hall–Kier alpha value is -2.21. The van der Waals surface area contributed by atoms with E-state index >= 15 is 0 Å². The fraction of sp³-hybridized carbons (Fsp3) is 0.308. The molecule has 1 unspecified atom stereocenters. The van der Waals surface area contributed by atoms with Gasteiger partial charge < -0.3 is 15.4 Å². The van der Waals surface area contributed by atoms with Crippen LogP contribution in [0.3, 0.4) is 0 Å². The minimum absolute atomic E-state index is 0.134. The van der Waals surface area contributed by atoms with Crippen molar-refractivity contribution in [3.05, 3.63) is 35.7 Å². The summed E-state index contributed by atoms with van der Waals surface area (Å²) in [5, 5.41) is 17.3. The number of benzene rings is 1. The molecule has 3 rings (SSSR count). The van der Waals surface area contributed by atoms with E-state index in [2.05, 4.69) is 10.2 Å². The van der Waals surface area contributed by atoms with Gasteiger partial charge in [0.15, 0.2) is 5.82 Å². The zero-order valence-corrected chi connectivity index (χ0v) is 10.3. The molecule has 1 aliphatic rings. The van der Waals surface area contributed by atoms with Gasteiger partial charge in [0, 0.05) is 24.6 Å². The molecule has 0 amide bonds. The first kappa shape index (κ1) is 11.9. The normalized spacial score (nSPS) is 18.1. The molecule has 1 aromatic heterocycles. The number of carboxylic acids is 1. The summed E-state index contributed by atoms with van der Waals surface area (Å²) in [4.78, 5) is 11.0. The molecular formula is C13H14N4O2. The molecule has 19 heavy (non-hydrogen) atoms. The molecule has 98 valence electrons. The molecule has 0 fully saturated rings. The topological polar surface area (TPSA) is 94.0 Å². The maximum absolute atomic E-state index is 11.0. The molecule has 0 saturated carbocycles. The Bertz CT molecular complexity index is 635. The first-order valence-corrected chi connectivity index (χ1v) is 6.16. The summed E-state index contributed by atoms with van der Waals surface area (Å²) in [7, 11) is 0. The number of aromatic carboxylic acids is 1. The van der Waals surface area contributed by atoms with Crippen LogP contribution in [0.4, 0.5) is 0 Å². The molecule has 2 heterocycles. The van der Waals surface area contributed by atoms with Gasteiger partial charge in [0.2, 0.25) is 0 Å². The summed E-state index contributed by atoms with van der Waals surface area (Å²) in [6.07, 6.45) is 1.60. The highest BCUT2D eigenvalue weighted by atomic mass is 16.4. The lowest BCUT2D eigenvalue weighted by Gasteiger charge is -2.20. The fourth-order valence-corrected chi connectivity index (χ4v) is 2.36. The number of nitrogens with zero attached hydrogens (tertiary/aromatic N) is 3. The van der Waals surface area contributed by atoms with Gasteiger partial charge >= 0.3 is 5.97 Å². The van der Waals surface area contributed by atoms with Gasteiger partial charge in [-0.2, -0.15) is 0 Å².